The fourth-order valence-corrected chi connectivity index (χ4v) is 5.37. The Hall–Kier alpha value is -1.43. The molecular formula is C26H41N3O2. The van der Waals surface area contributed by atoms with E-state index in [0.717, 1.165) is 65.1 Å². The molecule has 0 radical (unpaired) electrons. The number of carbonyl (C=O) groups excluding carboxylic acids is 1. The topological polar surface area (TPSA) is 36.0 Å². The van der Waals surface area contributed by atoms with Gasteiger partial charge < -0.3 is 9.64 Å². The highest BCUT2D eigenvalue weighted by atomic mass is 16.5. The van der Waals surface area contributed by atoms with Gasteiger partial charge in [0, 0.05) is 45.8 Å². The Balaban J connectivity index is 1.17. The third-order valence-corrected chi connectivity index (χ3v) is 7.43. The van der Waals surface area contributed by atoms with Crippen LogP contribution in [0.2, 0.25) is 0 Å². The Morgan fingerprint density at radius 1 is 0.839 bits per heavy atom. The van der Waals surface area contributed by atoms with Gasteiger partial charge in [-0.25, -0.2) is 0 Å². The molecule has 4 rings (SSSR count). The molecule has 1 saturated carbocycles. The summed E-state index contributed by atoms with van der Waals surface area (Å²) in [4.78, 5) is 19.9. The molecule has 0 aromatic heterocycles. The molecule has 0 bridgehead atoms. The SMILES string of the molecule is Cc1ccccc1CN1CCCN(C(=O)CN2CCC(OC3CCCCC3)CC2)CC1. The quantitative estimate of drug-likeness (QED) is 0.691. The molecular weight excluding hydrogens is 386 g/mol. The second-order valence-corrected chi connectivity index (χ2v) is 9.81. The van der Waals surface area contributed by atoms with Crippen molar-refractivity contribution in [2.75, 3.05) is 45.8 Å². The molecule has 1 aliphatic carbocycles. The zero-order valence-electron chi connectivity index (χ0n) is 19.4. The maximum Gasteiger partial charge on any atom is 0.236 e. The van der Waals surface area contributed by atoms with E-state index in [9.17, 15) is 4.79 Å². The Morgan fingerprint density at radius 3 is 2.35 bits per heavy atom. The van der Waals surface area contributed by atoms with E-state index in [1.54, 1.807) is 0 Å². The van der Waals surface area contributed by atoms with Gasteiger partial charge in [-0.1, -0.05) is 43.5 Å². The molecule has 0 atom stereocenters. The zero-order valence-corrected chi connectivity index (χ0v) is 19.4. The predicted octanol–water partition coefficient (Wildman–Crippen LogP) is 3.84. The summed E-state index contributed by atoms with van der Waals surface area (Å²) in [7, 11) is 0. The standard InChI is InChI=1S/C26H41N3O2/c1-22-8-5-6-9-23(22)20-27-14-7-15-29(19-18-27)26(30)21-28-16-12-25(13-17-28)31-24-10-3-2-4-11-24/h5-6,8-9,24-25H,2-4,7,10-21H2,1H3. The van der Waals surface area contributed by atoms with Crippen molar-refractivity contribution in [3.63, 3.8) is 0 Å². The Bertz CT molecular complexity index is 696. The summed E-state index contributed by atoms with van der Waals surface area (Å²) in [6.45, 7) is 9.53. The van der Waals surface area contributed by atoms with Crippen LogP contribution < -0.4 is 0 Å². The molecule has 31 heavy (non-hydrogen) atoms. The number of rotatable bonds is 6. The van der Waals surface area contributed by atoms with Crippen LogP contribution in [-0.2, 0) is 16.1 Å². The number of benzene rings is 1. The molecule has 5 heteroatoms. The molecule has 0 spiro atoms. The first-order valence-electron chi connectivity index (χ1n) is 12.6. The maximum atomic E-state index is 13.0. The lowest BCUT2D eigenvalue weighted by Crippen LogP contribution is -2.46. The Morgan fingerprint density at radius 2 is 1.58 bits per heavy atom. The van der Waals surface area contributed by atoms with Gasteiger partial charge in [0.2, 0.25) is 5.91 Å². The number of ether oxygens (including phenoxy) is 1. The highest BCUT2D eigenvalue weighted by Crippen LogP contribution is 2.24. The van der Waals surface area contributed by atoms with Crippen LogP contribution in [0.4, 0.5) is 0 Å². The monoisotopic (exact) mass is 427 g/mol. The average molecular weight is 428 g/mol. The molecule has 5 nitrogen and oxygen atoms in total. The van der Waals surface area contributed by atoms with Crippen LogP contribution in [0.1, 0.15) is 62.5 Å². The second kappa shape index (κ2) is 11.4. The number of likely N-dealkylation sites (tertiary alicyclic amines) is 1. The van der Waals surface area contributed by atoms with E-state index in [2.05, 4.69) is 45.9 Å². The Labute approximate surface area is 188 Å². The summed E-state index contributed by atoms with van der Waals surface area (Å²) in [6.07, 6.45) is 10.6. The van der Waals surface area contributed by atoms with E-state index in [-0.39, 0.29) is 0 Å². The van der Waals surface area contributed by atoms with Crippen molar-refractivity contribution in [2.45, 2.75) is 77.0 Å². The van der Waals surface area contributed by atoms with Gasteiger partial charge in [0.1, 0.15) is 0 Å². The summed E-state index contributed by atoms with van der Waals surface area (Å²) in [5.74, 6) is 0.310. The van der Waals surface area contributed by atoms with Crippen LogP contribution in [0, 0.1) is 6.92 Å². The van der Waals surface area contributed by atoms with Crippen molar-refractivity contribution < 1.29 is 9.53 Å². The number of hydrogen-bond acceptors (Lipinski definition) is 4. The van der Waals surface area contributed by atoms with Crippen molar-refractivity contribution in [3.05, 3.63) is 35.4 Å². The van der Waals surface area contributed by atoms with Crippen LogP contribution in [-0.4, -0.2) is 78.6 Å². The number of piperidine rings is 1. The third kappa shape index (κ3) is 6.77. The minimum absolute atomic E-state index is 0.310. The zero-order chi connectivity index (χ0) is 21.5. The van der Waals surface area contributed by atoms with Crippen LogP contribution >= 0.6 is 0 Å². The normalized spacial score (nSPS) is 23.1. The summed E-state index contributed by atoms with van der Waals surface area (Å²) in [5.41, 5.74) is 2.76. The maximum absolute atomic E-state index is 13.0. The molecule has 1 aromatic carbocycles. The highest BCUT2D eigenvalue weighted by Gasteiger charge is 2.27. The van der Waals surface area contributed by atoms with Gasteiger partial charge >= 0.3 is 0 Å². The smallest absolute Gasteiger partial charge is 0.236 e. The van der Waals surface area contributed by atoms with Crippen LogP contribution in [0.15, 0.2) is 24.3 Å². The van der Waals surface area contributed by atoms with Gasteiger partial charge in [-0.2, -0.15) is 0 Å². The molecule has 0 N–H and O–H groups in total. The summed E-state index contributed by atoms with van der Waals surface area (Å²) < 4.78 is 6.36. The van der Waals surface area contributed by atoms with E-state index in [1.807, 2.05) is 0 Å². The van der Waals surface area contributed by atoms with Crippen LogP contribution in [0.3, 0.4) is 0 Å². The highest BCUT2D eigenvalue weighted by molar-refractivity contribution is 5.78. The molecule has 3 aliphatic rings. The van der Waals surface area contributed by atoms with Gasteiger partial charge in [-0.3, -0.25) is 14.6 Å². The van der Waals surface area contributed by atoms with E-state index in [1.165, 1.54) is 43.2 Å². The molecule has 0 unspecified atom stereocenters. The van der Waals surface area contributed by atoms with E-state index >= 15 is 0 Å². The molecule has 172 valence electrons. The molecule has 2 aliphatic heterocycles. The third-order valence-electron chi connectivity index (χ3n) is 7.43. The fraction of sp³-hybridized carbons (Fsp3) is 0.731. The lowest BCUT2D eigenvalue weighted by Gasteiger charge is -2.35. The number of carbonyl (C=O) groups is 1. The second-order valence-electron chi connectivity index (χ2n) is 9.81. The molecule has 3 fully saturated rings. The van der Waals surface area contributed by atoms with Gasteiger partial charge in [0.05, 0.1) is 18.8 Å². The molecule has 2 saturated heterocycles. The number of aryl methyl sites for hydroxylation is 1. The van der Waals surface area contributed by atoms with Crippen molar-refractivity contribution in [3.8, 4) is 0 Å². The summed E-state index contributed by atoms with van der Waals surface area (Å²) in [6, 6.07) is 8.64. The van der Waals surface area contributed by atoms with Crippen molar-refractivity contribution in [2.24, 2.45) is 0 Å². The Kier molecular flexibility index (Phi) is 8.40. The number of hydrogen-bond donors (Lipinski definition) is 0. The minimum Gasteiger partial charge on any atom is -0.375 e. The largest absolute Gasteiger partial charge is 0.375 e. The number of amides is 1. The van der Waals surface area contributed by atoms with Crippen molar-refractivity contribution in [1.29, 1.82) is 0 Å². The fourth-order valence-electron chi connectivity index (χ4n) is 5.37. The predicted molar refractivity (Wildman–Crippen MR) is 125 cm³/mol. The minimum atomic E-state index is 0.310. The van der Waals surface area contributed by atoms with E-state index in [0.29, 0.717) is 24.7 Å². The van der Waals surface area contributed by atoms with E-state index < -0.39 is 0 Å². The van der Waals surface area contributed by atoms with Gasteiger partial charge in [-0.15, -0.1) is 0 Å². The van der Waals surface area contributed by atoms with Crippen LogP contribution in [0.25, 0.3) is 0 Å². The lowest BCUT2D eigenvalue weighted by atomic mass is 9.97. The van der Waals surface area contributed by atoms with Gasteiger partial charge in [-0.05, 0) is 50.2 Å². The average Bonchev–Trinajstić information content (AvgIpc) is 3.03. The summed E-state index contributed by atoms with van der Waals surface area (Å²) >= 11 is 0. The lowest BCUT2D eigenvalue weighted by molar-refractivity contribution is -0.133. The first kappa shape index (κ1) is 22.8. The van der Waals surface area contributed by atoms with Gasteiger partial charge in [0.15, 0.2) is 0 Å². The summed E-state index contributed by atoms with van der Waals surface area (Å²) in [5, 5.41) is 0. The van der Waals surface area contributed by atoms with Crippen molar-refractivity contribution in [1.82, 2.24) is 14.7 Å². The molecule has 2 heterocycles. The van der Waals surface area contributed by atoms with E-state index in [4.69, 9.17) is 4.74 Å². The molecule has 1 aromatic rings. The first-order valence-corrected chi connectivity index (χ1v) is 12.6. The van der Waals surface area contributed by atoms with Crippen LogP contribution in [0.5, 0.6) is 0 Å². The number of nitrogens with zero attached hydrogens (tertiary/aromatic N) is 3. The molecule has 1 amide bonds. The first-order chi connectivity index (χ1) is 15.2. The van der Waals surface area contributed by atoms with Crippen molar-refractivity contribution >= 4 is 5.91 Å². The van der Waals surface area contributed by atoms with Gasteiger partial charge in [0.25, 0.3) is 0 Å².